The fourth-order valence-electron chi connectivity index (χ4n) is 0.241. The summed E-state index contributed by atoms with van der Waals surface area (Å²) in [5, 5.41) is 32.8. The van der Waals surface area contributed by atoms with Gasteiger partial charge in [0, 0.05) is 6.92 Å². The second-order valence-electron chi connectivity index (χ2n) is 2.60. The van der Waals surface area contributed by atoms with Gasteiger partial charge in [-0.2, -0.15) is 0 Å². The average molecular weight is 242 g/mol. The molecule has 0 bridgehead atoms. The molecule has 0 heterocycles. The number of rotatable bonds is 4. The molecule has 0 saturated carbocycles. The van der Waals surface area contributed by atoms with Gasteiger partial charge in [0.1, 0.15) is 0 Å². The molecule has 8 heteroatoms. The van der Waals surface area contributed by atoms with Gasteiger partial charge in [-0.1, -0.05) is 0 Å². The van der Waals surface area contributed by atoms with E-state index in [0.717, 1.165) is 0 Å². The van der Waals surface area contributed by atoms with Crippen molar-refractivity contribution in [2.24, 2.45) is 11.5 Å². The molecule has 16 heavy (non-hydrogen) atoms. The number of hydrogen-bond acceptors (Lipinski definition) is 8. The molecule has 8 N–H and O–H groups in total. The van der Waals surface area contributed by atoms with Crippen molar-refractivity contribution in [3.05, 3.63) is 0 Å². The van der Waals surface area contributed by atoms with Crippen LogP contribution in [0.5, 0.6) is 0 Å². The Balaban J connectivity index is -0.000000188. The minimum Gasteiger partial charge on any atom is -0.439 e. The summed E-state index contributed by atoms with van der Waals surface area (Å²) in [5.74, 6) is -0.461. The monoisotopic (exact) mass is 242 g/mol. The number of hydrogen-bond donors (Lipinski definition) is 6. The van der Waals surface area contributed by atoms with Crippen molar-refractivity contribution in [2.45, 2.75) is 12.5 Å². The van der Waals surface area contributed by atoms with Crippen molar-refractivity contribution < 1.29 is 30.0 Å². The van der Waals surface area contributed by atoms with E-state index in [0.29, 0.717) is 0 Å². The Kier molecular flexibility index (Phi) is 18.3. The third kappa shape index (κ3) is 15.7. The van der Waals surface area contributed by atoms with Crippen LogP contribution in [0.2, 0.25) is 0 Å². The molecule has 8 nitrogen and oxygen atoms in total. The largest absolute Gasteiger partial charge is 0.439 e. The molecule has 0 fully saturated rings. The lowest BCUT2D eigenvalue weighted by Crippen LogP contribution is -2.50. The first kappa shape index (κ1) is 20.6. The van der Waals surface area contributed by atoms with Crippen LogP contribution in [0.4, 0.5) is 0 Å². The van der Waals surface area contributed by atoms with Gasteiger partial charge in [0.25, 0.3) is 0 Å². The molecular weight excluding hydrogens is 220 g/mol. The molecule has 0 aromatic heterocycles. The summed E-state index contributed by atoms with van der Waals surface area (Å²) in [5.41, 5.74) is 8.44. The van der Waals surface area contributed by atoms with Gasteiger partial charge in [-0.25, -0.2) is 0 Å². The van der Waals surface area contributed by atoms with Crippen molar-refractivity contribution in [1.82, 2.24) is 0 Å². The molecule has 0 aromatic carbocycles. The quantitative estimate of drug-likeness (QED) is 0.221. The zero-order valence-corrected chi connectivity index (χ0v) is 9.59. The van der Waals surface area contributed by atoms with Gasteiger partial charge >= 0.3 is 5.97 Å². The summed E-state index contributed by atoms with van der Waals surface area (Å²) in [6.07, 6.45) is 0. The highest BCUT2D eigenvalue weighted by Gasteiger charge is 2.20. The maximum absolute atomic E-state index is 9.66. The van der Waals surface area contributed by atoms with Crippen molar-refractivity contribution in [3.63, 3.8) is 0 Å². The third-order valence-electron chi connectivity index (χ3n) is 1.21. The number of ether oxygens (including phenoxy) is 1. The van der Waals surface area contributed by atoms with Gasteiger partial charge in [0.05, 0.1) is 25.4 Å². The fraction of sp³-hybridized carbons (Fsp3) is 0.875. The van der Waals surface area contributed by atoms with E-state index in [1.165, 1.54) is 14.0 Å². The molecular formula is C8H22N2O6. The van der Waals surface area contributed by atoms with Crippen LogP contribution >= 0.6 is 0 Å². The molecule has 100 valence electrons. The first-order valence-corrected chi connectivity index (χ1v) is 4.39. The molecule has 0 aliphatic carbocycles. The third-order valence-corrected chi connectivity index (χ3v) is 1.21. The van der Waals surface area contributed by atoms with Crippen LogP contribution in [0.1, 0.15) is 6.92 Å². The van der Waals surface area contributed by atoms with Crippen LogP contribution in [0.3, 0.4) is 0 Å². The van der Waals surface area contributed by atoms with Gasteiger partial charge in [-0.3, -0.25) is 4.79 Å². The molecule has 0 radical (unpaired) electrons. The van der Waals surface area contributed by atoms with Crippen LogP contribution in [-0.2, 0) is 9.53 Å². The average Bonchev–Trinajstić information content (AvgIpc) is 2.31. The summed E-state index contributed by atoms with van der Waals surface area (Å²) < 4.78 is 3.96. The van der Waals surface area contributed by atoms with Crippen LogP contribution in [0, 0.1) is 0 Å². The van der Waals surface area contributed by atoms with E-state index in [2.05, 4.69) is 10.5 Å². The van der Waals surface area contributed by atoms with Gasteiger partial charge in [-0.15, -0.1) is 0 Å². The maximum Gasteiger partial charge on any atom is 0.304 e. The lowest BCUT2D eigenvalue weighted by Gasteiger charge is -2.20. The van der Waals surface area contributed by atoms with Gasteiger partial charge < -0.3 is 36.6 Å². The lowest BCUT2D eigenvalue weighted by molar-refractivity contribution is -0.148. The van der Waals surface area contributed by atoms with Crippen molar-refractivity contribution >= 4 is 5.97 Å². The minimum atomic E-state index is -1.21. The van der Waals surface area contributed by atoms with Gasteiger partial charge in [-0.05, 0) is 7.05 Å². The van der Waals surface area contributed by atoms with E-state index < -0.39 is 38.1 Å². The Morgan fingerprint density at radius 3 is 1.44 bits per heavy atom. The maximum atomic E-state index is 9.66. The molecule has 0 atom stereocenters. The Morgan fingerprint density at radius 1 is 1.12 bits per heavy atom. The smallest absolute Gasteiger partial charge is 0.304 e. The lowest BCUT2D eigenvalue weighted by atomic mass is 10.1. The normalized spacial score (nSPS) is 9.25. The van der Waals surface area contributed by atoms with Crippen molar-refractivity contribution in [3.8, 4) is 0 Å². The predicted octanol–water partition coefficient (Wildman–Crippen LogP) is -3.26. The minimum absolute atomic E-state index is 0.403. The summed E-state index contributed by atoms with van der Waals surface area (Å²) in [6, 6.07) is 0. The highest BCUT2D eigenvalue weighted by Crippen LogP contribution is 1.93. The SMILES string of the molecule is CC(=O)OCO.CN.NC(CO)(CO)CO. The molecule has 0 saturated heterocycles. The first-order chi connectivity index (χ1) is 7.45. The summed E-state index contributed by atoms with van der Waals surface area (Å²) in [7, 11) is 1.50. The number of aliphatic hydroxyl groups excluding tert-OH is 4. The van der Waals surface area contributed by atoms with Crippen LogP contribution in [-0.4, -0.2) is 65.6 Å². The molecule has 0 amide bonds. The Bertz CT molecular complexity index is 143. The Morgan fingerprint density at radius 2 is 1.44 bits per heavy atom. The molecule has 0 spiro atoms. The van der Waals surface area contributed by atoms with E-state index in [4.69, 9.17) is 26.2 Å². The molecule has 0 unspecified atom stereocenters. The molecule has 0 rings (SSSR count). The summed E-state index contributed by atoms with van der Waals surface area (Å²) in [4.78, 5) is 9.66. The van der Waals surface area contributed by atoms with E-state index >= 15 is 0 Å². The van der Waals surface area contributed by atoms with Crippen LogP contribution in [0.25, 0.3) is 0 Å². The molecule has 0 aliphatic rings. The standard InChI is InChI=1S/C4H11NO3.C3H6O3.CH5N/c5-4(1-6,2-7)3-8;1-3(5)6-2-4;1-2/h6-8H,1-3,5H2;4H,2H2,1H3;2H2,1H3. The second kappa shape index (κ2) is 14.2. The van der Waals surface area contributed by atoms with Gasteiger partial charge in [0.2, 0.25) is 0 Å². The van der Waals surface area contributed by atoms with E-state index in [9.17, 15) is 4.79 Å². The van der Waals surface area contributed by atoms with E-state index in [1.54, 1.807) is 0 Å². The summed E-state index contributed by atoms with van der Waals surface area (Å²) >= 11 is 0. The van der Waals surface area contributed by atoms with Crippen molar-refractivity contribution in [1.29, 1.82) is 0 Å². The van der Waals surface area contributed by atoms with Crippen molar-refractivity contribution in [2.75, 3.05) is 33.7 Å². The highest BCUT2D eigenvalue weighted by molar-refractivity contribution is 5.65. The summed E-state index contributed by atoms with van der Waals surface area (Å²) in [6.45, 7) is -0.494. The number of esters is 1. The van der Waals surface area contributed by atoms with E-state index in [1.807, 2.05) is 0 Å². The van der Waals surface area contributed by atoms with Crippen LogP contribution in [0.15, 0.2) is 0 Å². The molecule has 0 aliphatic heterocycles. The van der Waals surface area contributed by atoms with Gasteiger partial charge in [0.15, 0.2) is 6.79 Å². The Labute approximate surface area is 94.4 Å². The second-order valence-corrected chi connectivity index (χ2v) is 2.60. The number of aliphatic hydroxyl groups is 4. The number of carbonyl (C=O) groups excluding carboxylic acids is 1. The molecule has 0 aromatic rings. The number of carbonyl (C=O) groups is 1. The van der Waals surface area contributed by atoms with Crippen LogP contribution < -0.4 is 11.5 Å². The predicted molar refractivity (Wildman–Crippen MR) is 57.1 cm³/mol. The topological polar surface area (TPSA) is 159 Å². The number of nitrogens with two attached hydrogens (primary N) is 2. The zero-order valence-electron chi connectivity index (χ0n) is 9.59. The highest BCUT2D eigenvalue weighted by atomic mass is 16.6. The Hall–Kier alpha value is -0.770. The fourth-order valence-corrected chi connectivity index (χ4v) is 0.241. The first-order valence-electron chi connectivity index (χ1n) is 4.39. The zero-order chi connectivity index (χ0) is 13.6. The van der Waals surface area contributed by atoms with E-state index in [-0.39, 0.29) is 0 Å².